The highest BCUT2D eigenvalue weighted by atomic mass is 35.5. The molecule has 1 aliphatic heterocycles. The van der Waals surface area contributed by atoms with Crippen LogP contribution in [0.3, 0.4) is 0 Å². The van der Waals surface area contributed by atoms with Gasteiger partial charge in [-0.15, -0.1) is 0 Å². The van der Waals surface area contributed by atoms with Crippen LogP contribution in [0, 0.1) is 6.92 Å². The predicted octanol–water partition coefficient (Wildman–Crippen LogP) is 6.19. The fourth-order valence-corrected chi connectivity index (χ4v) is 4.49. The van der Waals surface area contributed by atoms with Crippen LogP contribution in [0.4, 0.5) is 5.69 Å². The van der Waals surface area contributed by atoms with Gasteiger partial charge in [-0.2, -0.15) is 0 Å². The number of fused-ring (bicyclic) bond motifs is 1. The summed E-state index contributed by atoms with van der Waals surface area (Å²) in [5, 5.41) is 12.1. The first-order valence-electron chi connectivity index (χ1n) is 10.6. The van der Waals surface area contributed by atoms with Crippen LogP contribution in [-0.4, -0.2) is 23.9 Å². The topological polar surface area (TPSA) is 80.0 Å². The van der Waals surface area contributed by atoms with E-state index in [1.54, 1.807) is 60.7 Å². The molecule has 0 aliphatic carbocycles. The van der Waals surface area contributed by atoms with Crippen molar-refractivity contribution < 1.29 is 23.8 Å². The normalized spacial score (nSPS) is 15.9. The summed E-state index contributed by atoms with van der Waals surface area (Å²) in [6.45, 7) is 1.87. The zero-order chi connectivity index (χ0) is 24.0. The Bertz CT molecular complexity index is 1490. The van der Waals surface area contributed by atoms with Gasteiger partial charge in [0.15, 0.2) is 11.5 Å². The van der Waals surface area contributed by atoms with E-state index in [0.29, 0.717) is 33.0 Å². The fourth-order valence-electron chi connectivity index (χ4n) is 4.31. The van der Waals surface area contributed by atoms with Gasteiger partial charge in [0.2, 0.25) is 5.78 Å². The van der Waals surface area contributed by atoms with Crippen molar-refractivity contribution in [1.82, 2.24) is 0 Å². The Kier molecular flexibility index (Phi) is 5.38. The molecule has 5 rings (SSSR count). The van der Waals surface area contributed by atoms with Crippen LogP contribution in [0.5, 0.6) is 5.75 Å². The molecule has 1 aliphatic rings. The lowest BCUT2D eigenvalue weighted by Crippen LogP contribution is -2.31. The van der Waals surface area contributed by atoms with Gasteiger partial charge in [-0.05, 0) is 60.5 Å². The number of hydrogen-bond acceptors (Lipinski definition) is 5. The molecule has 0 saturated heterocycles. The second-order valence-corrected chi connectivity index (χ2v) is 8.46. The van der Waals surface area contributed by atoms with Gasteiger partial charge in [-0.1, -0.05) is 41.9 Å². The van der Waals surface area contributed by atoms with E-state index in [9.17, 15) is 14.7 Å². The molecule has 170 valence electrons. The molecule has 34 heavy (non-hydrogen) atoms. The molecule has 0 saturated carbocycles. The van der Waals surface area contributed by atoms with E-state index in [2.05, 4.69) is 0 Å². The maximum Gasteiger partial charge on any atom is 0.294 e. The number of para-hydroxylation sites is 1. The van der Waals surface area contributed by atoms with Crippen molar-refractivity contribution in [2.45, 2.75) is 13.0 Å². The first kappa shape index (κ1) is 21.8. The highest BCUT2D eigenvalue weighted by Gasteiger charge is 2.45. The number of furan rings is 1. The van der Waals surface area contributed by atoms with Crippen LogP contribution < -0.4 is 9.64 Å². The number of aryl methyl sites for hydroxylation is 1. The summed E-state index contributed by atoms with van der Waals surface area (Å²) >= 11 is 6.07. The van der Waals surface area contributed by atoms with Crippen LogP contribution in [0.15, 0.2) is 88.5 Å². The number of benzene rings is 3. The second kappa shape index (κ2) is 8.39. The van der Waals surface area contributed by atoms with Crippen molar-refractivity contribution in [3.05, 3.63) is 106 Å². The van der Waals surface area contributed by atoms with Crippen molar-refractivity contribution in [3.63, 3.8) is 0 Å². The molecule has 0 fully saturated rings. The van der Waals surface area contributed by atoms with E-state index >= 15 is 0 Å². The Balaban J connectivity index is 1.68. The molecular weight excluding hydrogens is 454 g/mol. The van der Waals surface area contributed by atoms with Gasteiger partial charge in [0.05, 0.1) is 18.7 Å². The van der Waals surface area contributed by atoms with Gasteiger partial charge in [-0.25, -0.2) is 0 Å². The second-order valence-electron chi connectivity index (χ2n) is 8.02. The number of anilines is 1. The molecule has 0 radical (unpaired) electrons. The highest BCUT2D eigenvalue weighted by Crippen LogP contribution is 2.43. The molecule has 3 aromatic carbocycles. The van der Waals surface area contributed by atoms with E-state index in [1.807, 2.05) is 19.1 Å². The SMILES string of the molecule is COc1cccc(C2C(C(=O)c3cc4cc(Cl)ccc4o3)=C(O)C(=O)N2c2ccccc2C)c1. The van der Waals surface area contributed by atoms with Gasteiger partial charge in [0.1, 0.15) is 11.3 Å². The number of methoxy groups -OCH3 is 1. The zero-order valence-corrected chi connectivity index (χ0v) is 19.2. The lowest BCUT2D eigenvalue weighted by atomic mass is 9.94. The lowest BCUT2D eigenvalue weighted by Gasteiger charge is -2.28. The third-order valence-corrected chi connectivity index (χ3v) is 6.17. The van der Waals surface area contributed by atoms with Crippen molar-refractivity contribution >= 4 is 39.9 Å². The van der Waals surface area contributed by atoms with E-state index in [4.69, 9.17) is 20.8 Å². The smallest absolute Gasteiger partial charge is 0.294 e. The number of aliphatic hydroxyl groups is 1. The molecule has 4 aromatic rings. The minimum atomic E-state index is -0.881. The van der Waals surface area contributed by atoms with Crippen molar-refractivity contribution in [3.8, 4) is 5.75 Å². The molecule has 2 heterocycles. The van der Waals surface area contributed by atoms with Crippen molar-refractivity contribution in [2.24, 2.45) is 0 Å². The van der Waals surface area contributed by atoms with Gasteiger partial charge in [0.25, 0.3) is 5.91 Å². The summed E-state index contributed by atoms with van der Waals surface area (Å²) < 4.78 is 11.1. The number of hydrogen-bond donors (Lipinski definition) is 1. The number of ketones is 1. The Labute approximate surface area is 200 Å². The molecule has 1 atom stereocenters. The van der Waals surface area contributed by atoms with Crippen LogP contribution in [0.2, 0.25) is 5.02 Å². The average Bonchev–Trinajstić information content (AvgIpc) is 3.37. The molecular formula is C27H20ClNO5. The third kappa shape index (κ3) is 3.53. The van der Waals surface area contributed by atoms with E-state index < -0.39 is 23.5 Å². The fraction of sp³-hybridized carbons (Fsp3) is 0.111. The number of carbonyl (C=O) groups excluding carboxylic acids is 2. The summed E-state index contributed by atoms with van der Waals surface area (Å²) in [4.78, 5) is 28.5. The quantitative estimate of drug-likeness (QED) is 0.350. The van der Waals surface area contributed by atoms with E-state index in [1.165, 1.54) is 12.0 Å². The van der Waals surface area contributed by atoms with Crippen LogP contribution in [0.1, 0.15) is 27.7 Å². The Morgan fingerprint density at radius 2 is 1.85 bits per heavy atom. The average molecular weight is 474 g/mol. The Morgan fingerprint density at radius 3 is 2.62 bits per heavy atom. The number of aliphatic hydroxyl groups excluding tert-OH is 1. The number of rotatable bonds is 5. The molecule has 0 spiro atoms. The number of ether oxygens (including phenoxy) is 1. The zero-order valence-electron chi connectivity index (χ0n) is 18.4. The van der Waals surface area contributed by atoms with Gasteiger partial charge in [-0.3, -0.25) is 14.5 Å². The van der Waals surface area contributed by atoms with Gasteiger partial charge in [0, 0.05) is 16.1 Å². The lowest BCUT2D eigenvalue weighted by molar-refractivity contribution is -0.117. The molecule has 6 nitrogen and oxygen atoms in total. The first-order valence-corrected chi connectivity index (χ1v) is 11.0. The summed E-state index contributed by atoms with van der Waals surface area (Å²) in [6, 6.07) is 20.1. The summed E-state index contributed by atoms with van der Waals surface area (Å²) in [6.07, 6.45) is 0. The number of halogens is 1. The number of carbonyl (C=O) groups is 2. The Morgan fingerprint density at radius 1 is 1.06 bits per heavy atom. The van der Waals surface area contributed by atoms with Crippen molar-refractivity contribution in [1.29, 1.82) is 0 Å². The minimum absolute atomic E-state index is 0.00569. The number of amides is 1. The van der Waals surface area contributed by atoms with E-state index in [-0.39, 0.29) is 11.3 Å². The summed E-state index contributed by atoms with van der Waals surface area (Å²) in [5.41, 5.74) is 2.44. The standard InChI is InChI=1S/C27H20ClNO5/c1-15-6-3-4-9-20(15)29-24(16-7-5-8-19(13-16)33-2)23(26(31)27(29)32)25(30)22-14-17-12-18(28)10-11-21(17)34-22/h3-14,24,31H,1-2H3. The predicted molar refractivity (Wildman–Crippen MR) is 130 cm³/mol. The molecule has 7 heteroatoms. The summed E-state index contributed by atoms with van der Waals surface area (Å²) in [7, 11) is 1.54. The molecule has 1 amide bonds. The molecule has 0 bridgehead atoms. The minimum Gasteiger partial charge on any atom is -0.503 e. The van der Waals surface area contributed by atoms with Crippen LogP contribution >= 0.6 is 11.6 Å². The Hall–Kier alpha value is -4.03. The van der Waals surface area contributed by atoms with Crippen LogP contribution in [-0.2, 0) is 4.79 Å². The molecule has 1 aromatic heterocycles. The number of nitrogens with zero attached hydrogens (tertiary/aromatic N) is 1. The maximum absolute atomic E-state index is 13.7. The van der Waals surface area contributed by atoms with Crippen molar-refractivity contribution in [2.75, 3.05) is 12.0 Å². The molecule has 1 unspecified atom stereocenters. The maximum atomic E-state index is 13.7. The van der Waals surface area contributed by atoms with Gasteiger partial charge >= 0.3 is 0 Å². The largest absolute Gasteiger partial charge is 0.503 e. The first-order chi connectivity index (χ1) is 16.4. The third-order valence-electron chi connectivity index (χ3n) is 5.94. The monoisotopic (exact) mass is 473 g/mol. The number of Topliss-reactive ketones (excluding diaryl/α,β-unsaturated/α-hetero) is 1. The van der Waals surface area contributed by atoms with E-state index in [0.717, 1.165) is 5.56 Å². The van der Waals surface area contributed by atoms with Gasteiger partial charge < -0.3 is 14.3 Å². The highest BCUT2D eigenvalue weighted by molar-refractivity contribution is 6.31. The van der Waals surface area contributed by atoms with Crippen LogP contribution in [0.25, 0.3) is 11.0 Å². The summed E-state index contributed by atoms with van der Waals surface area (Å²) in [5.74, 6) is -1.29. The molecule has 1 N–H and O–H groups in total.